The van der Waals surface area contributed by atoms with Crippen LogP contribution in [-0.2, 0) is 0 Å². The van der Waals surface area contributed by atoms with E-state index in [2.05, 4.69) is 22.8 Å². The highest BCUT2D eigenvalue weighted by Gasteiger charge is 2.31. The maximum absolute atomic E-state index is 3.33. The average molecular weight is 185 g/mol. The molecular formula is C8H11NS2. The number of hydrogen-bond donors (Lipinski definition) is 1. The Labute approximate surface area is 75.2 Å². The molecule has 0 aromatic carbocycles. The van der Waals surface area contributed by atoms with E-state index in [1.54, 1.807) is 0 Å². The number of likely N-dealkylation sites (N-methyl/N-ethyl adjacent to an activating group) is 1. The normalized spacial score (nSPS) is 29.9. The molecule has 0 amide bonds. The summed E-state index contributed by atoms with van der Waals surface area (Å²) in [7, 11) is 2.05. The smallest absolute Gasteiger partial charge is 0.0552 e. The molecular weight excluding hydrogens is 174 g/mol. The van der Waals surface area contributed by atoms with Gasteiger partial charge in [0.25, 0.3) is 0 Å². The Morgan fingerprint density at radius 1 is 1.64 bits per heavy atom. The van der Waals surface area contributed by atoms with Crippen molar-refractivity contribution in [3.63, 3.8) is 0 Å². The molecule has 1 N–H and O–H groups in total. The summed E-state index contributed by atoms with van der Waals surface area (Å²) in [6.45, 7) is 0. The molecule has 0 saturated carbocycles. The molecule has 0 aliphatic carbocycles. The number of rotatable bonds is 2. The van der Waals surface area contributed by atoms with Gasteiger partial charge in [-0.25, -0.2) is 0 Å². The molecule has 1 nitrogen and oxygen atoms in total. The molecule has 0 radical (unpaired) electrons. The van der Waals surface area contributed by atoms with Crippen LogP contribution in [-0.4, -0.2) is 18.8 Å². The molecule has 1 aliphatic heterocycles. The highest BCUT2D eigenvalue weighted by molar-refractivity contribution is 8.01. The summed E-state index contributed by atoms with van der Waals surface area (Å²) in [5.41, 5.74) is 0. The SMILES string of the molecule is CNC1CSC1c1cccs1. The Bertz CT molecular complexity index is 218. The first-order valence-corrected chi connectivity index (χ1v) is 5.67. The summed E-state index contributed by atoms with van der Waals surface area (Å²) >= 11 is 3.91. The molecule has 60 valence electrons. The van der Waals surface area contributed by atoms with Crippen LogP contribution in [0.15, 0.2) is 17.5 Å². The molecule has 1 fully saturated rings. The third-order valence-electron chi connectivity index (χ3n) is 2.02. The van der Waals surface area contributed by atoms with E-state index in [1.165, 1.54) is 10.6 Å². The van der Waals surface area contributed by atoms with Gasteiger partial charge in [0.05, 0.1) is 5.25 Å². The quantitative estimate of drug-likeness (QED) is 0.757. The van der Waals surface area contributed by atoms with Crippen molar-refractivity contribution in [1.29, 1.82) is 0 Å². The van der Waals surface area contributed by atoms with Crippen LogP contribution in [0.5, 0.6) is 0 Å². The van der Waals surface area contributed by atoms with Gasteiger partial charge in [-0.15, -0.1) is 23.1 Å². The predicted octanol–water partition coefficient (Wildman–Crippen LogP) is 2.12. The minimum absolute atomic E-state index is 0.707. The Kier molecular flexibility index (Phi) is 2.20. The third kappa shape index (κ3) is 1.33. The minimum atomic E-state index is 0.707. The van der Waals surface area contributed by atoms with Crippen molar-refractivity contribution < 1.29 is 0 Å². The first-order valence-electron chi connectivity index (χ1n) is 3.74. The molecule has 0 bridgehead atoms. The molecule has 3 heteroatoms. The van der Waals surface area contributed by atoms with Crippen molar-refractivity contribution in [2.75, 3.05) is 12.8 Å². The fourth-order valence-electron chi connectivity index (χ4n) is 1.26. The Morgan fingerprint density at radius 2 is 2.55 bits per heavy atom. The van der Waals surface area contributed by atoms with E-state index in [-0.39, 0.29) is 0 Å². The lowest BCUT2D eigenvalue weighted by atomic mass is 10.2. The highest BCUT2D eigenvalue weighted by Crippen LogP contribution is 2.44. The van der Waals surface area contributed by atoms with Gasteiger partial charge in [0, 0.05) is 16.7 Å². The molecule has 1 aromatic rings. The molecule has 11 heavy (non-hydrogen) atoms. The zero-order chi connectivity index (χ0) is 7.68. The summed E-state index contributed by atoms with van der Waals surface area (Å²) in [4.78, 5) is 1.51. The van der Waals surface area contributed by atoms with Crippen molar-refractivity contribution in [2.24, 2.45) is 0 Å². The maximum Gasteiger partial charge on any atom is 0.0552 e. The minimum Gasteiger partial charge on any atom is -0.315 e. The van der Waals surface area contributed by atoms with Gasteiger partial charge >= 0.3 is 0 Å². The van der Waals surface area contributed by atoms with Crippen LogP contribution >= 0.6 is 23.1 Å². The van der Waals surface area contributed by atoms with E-state index >= 15 is 0 Å². The number of nitrogens with one attached hydrogen (secondary N) is 1. The first-order chi connectivity index (χ1) is 5.42. The number of thiophene rings is 1. The van der Waals surface area contributed by atoms with Crippen molar-refractivity contribution in [1.82, 2.24) is 5.32 Å². The fraction of sp³-hybridized carbons (Fsp3) is 0.500. The third-order valence-corrected chi connectivity index (χ3v) is 4.61. The summed E-state index contributed by atoms with van der Waals surface area (Å²) in [6, 6.07) is 5.07. The van der Waals surface area contributed by atoms with E-state index in [9.17, 15) is 0 Å². The van der Waals surface area contributed by atoms with Crippen LogP contribution in [0.2, 0.25) is 0 Å². The van der Waals surface area contributed by atoms with Gasteiger partial charge in [-0.3, -0.25) is 0 Å². The van der Waals surface area contributed by atoms with Crippen molar-refractivity contribution in [2.45, 2.75) is 11.3 Å². The van der Waals surface area contributed by atoms with E-state index < -0.39 is 0 Å². The Balaban J connectivity index is 2.07. The van der Waals surface area contributed by atoms with Crippen molar-refractivity contribution >= 4 is 23.1 Å². The Hall–Kier alpha value is 0.01000. The topological polar surface area (TPSA) is 12.0 Å². The molecule has 2 atom stereocenters. The second-order valence-corrected chi connectivity index (χ2v) is 4.82. The van der Waals surface area contributed by atoms with Gasteiger partial charge in [0.15, 0.2) is 0 Å². The van der Waals surface area contributed by atoms with E-state index in [4.69, 9.17) is 0 Å². The van der Waals surface area contributed by atoms with Crippen LogP contribution in [0.4, 0.5) is 0 Å². The lowest BCUT2D eigenvalue weighted by Gasteiger charge is -2.34. The Morgan fingerprint density at radius 3 is 3.00 bits per heavy atom. The molecule has 2 heterocycles. The zero-order valence-corrected chi connectivity index (χ0v) is 8.04. The van der Waals surface area contributed by atoms with E-state index in [0.29, 0.717) is 6.04 Å². The zero-order valence-electron chi connectivity index (χ0n) is 6.41. The maximum atomic E-state index is 3.33. The van der Waals surface area contributed by atoms with Crippen molar-refractivity contribution in [3.8, 4) is 0 Å². The van der Waals surface area contributed by atoms with Gasteiger partial charge in [-0.2, -0.15) is 0 Å². The molecule has 1 saturated heterocycles. The molecule has 2 rings (SSSR count). The standard InChI is InChI=1S/C8H11NS2/c1-9-6-5-11-8(6)7-3-2-4-10-7/h2-4,6,8-9H,5H2,1H3. The van der Waals surface area contributed by atoms with Gasteiger partial charge in [-0.1, -0.05) is 6.07 Å². The molecule has 0 spiro atoms. The second kappa shape index (κ2) is 3.17. The summed E-state index contributed by atoms with van der Waals surface area (Å²) in [5.74, 6) is 1.26. The van der Waals surface area contributed by atoms with E-state index in [1.807, 2.05) is 30.1 Å². The molecule has 1 aliphatic rings. The van der Waals surface area contributed by atoms with Crippen molar-refractivity contribution in [3.05, 3.63) is 22.4 Å². The fourth-order valence-corrected chi connectivity index (χ4v) is 3.52. The first kappa shape index (κ1) is 7.65. The molecule has 2 unspecified atom stereocenters. The second-order valence-electron chi connectivity index (χ2n) is 2.66. The number of hydrogen-bond acceptors (Lipinski definition) is 3. The largest absolute Gasteiger partial charge is 0.315 e. The lowest BCUT2D eigenvalue weighted by Crippen LogP contribution is -2.40. The predicted molar refractivity (Wildman–Crippen MR) is 52.4 cm³/mol. The summed E-state index contributed by atoms with van der Waals surface area (Å²) < 4.78 is 0. The van der Waals surface area contributed by atoms with Crippen LogP contribution in [0, 0.1) is 0 Å². The number of thioether (sulfide) groups is 1. The van der Waals surface area contributed by atoms with Crippen LogP contribution in [0.1, 0.15) is 10.1 Å². The van der Waals surface area contributed by atoms with Crippen LogP contribution < -0.4 is 5.32 Å². The summed E-state index contributed by atoms with van der Waals surface area (Å²) in [5, 5.41) is 6.20. The van der Waals surface area contributed by atoms with Gasteiger partial charge in [0.1, 0.15) is 0 Å². The average Bonchev–Trinajstić information content (AvgIpc) is 2.39. The molecule has 1 aromatic heterocycles. The van der Waals surface area contributed by atoms with Crippen LogP contribution in [0.3, 0.4) is 0 Å². The highest BCUT2D eigenvalue weighted by atomic mass is 32.2. The van der Waals surface area contributed by atoms with E-state index in [0.717, 1.165) is 5.25 Å². The van der Waals surface area contributed by atoms with Gasteiger partial charge in [-0.05, 0) is 18.5 Å². The van der Waals surface area contributed by atoms with Gasteiger partial charge in [0.2, 0.25) is 0 Å². The monoisotopic (exact) mass is 185 g/mol. The van der Waals surface area contributed by atoms with Gasteiger partial charge < -0.3 is 5.32 Å². The summed E-state index contributed by atoms with van der Waals surface area (Å²) in [6.07, 6.45) is 0. The lowest BCUT2D eigenvalue weighted by molar-refractivity contribution is 0.578. The van der Waals surface area contributed by atoms with Crippen LogP contribution in [0.25, 0.3) is 0 Å².